The number of carbonyl (C=O) groups excluding carboxylic acids is 1. The van der Waals surface area contributed by atoms with E-state index in [1.165, 1.54) is 19.2 Å². The minimum Gasteiger partial charge on any atom is -0.494 e. The molecule has 0 spiro atoms. The van der Waals surface area contributed by atoms with Gasteiger partial charge in [0, 0.05) is 38.8 Å². The Morgan fingerprint density at radius 2 is 2.07 bits per heavy atom. The van der Waals surface area contributed by atoms with E-state index in [9.17, 15) is 9.18 Å². The second kappa shape index (κ2) is 7.56. The van der Waals surface area contributed by atoms with Crippen LogP contribution in [0.4, 0.5) is 10.2 Å². The first-order valence-electron chi connectivity index (χ1n) is 8.80. The van der Waals surface area contributed by atoms with E-state index in [1.807, 2.05) is 19.0 Å². The predicted octanol–water partition coefficient (Wildman–Crippen LogP) is 2.33. The van der Waals surface area contributed by atoms with Gasteiger partial charge in [0.15, 0.2) is 23.1 Å². The zero-order valence-corrected chi connectivity index (χ0v) is 16.3. The zero-order chi connectivity index (χ0) is 19.7. The van der Waals surface area contributed by atoms with Crippen LogP contribution in [-0.2, 0) is 0 Å². The first kappa shape index (κ1) is 19.2. The molecule has 1 aliphatic heterocycles. The van der Waals surface area contributed by atoms with Gasteiger partial charge in [-0.1, -0.05) is 5.16 Å². The van der Waals surface area contributed by atoms with Crippen molar-refractivity contribution in [1.29, 1.82) is 0 Å². The second-order valence-corrected chi connectivity index (χ2v) is 7.11. The van der Waals surface area contributed by atoms with Gasteiger partial charge in [-0.15, -0.1) is 0 Å². The first-order valence-corrected chi connectivity index (χ1v) is 8.80. The van der Waals surface area contributed by atoms with Crippen LogP contribution in [0.5, 0.6) is 5.75 Å². The summed E-state index contributed by atoms with van der Waals surface area (Å²) in [7, 11) is 9.02. The minimum absolute atomic E-state index is 0.0857. The molecule has 0 radical (unpaired) electrons. The number of anilines is 1. The summed E-state index contributed by atoms with van der Waals surface area (Å²) in [5, 5.41) is 4.08. The van der Waals surface area contributed by atoms with Crippen LogP contribution < -0.4 is 9.64 Å². The molecular weight excluding hydrogens is 351 g/mol. The first-order chi connectivity index (χ1) is 12.8. The number of ether oxygens (including phenoxy) is 1. The van der Waals surface area contributed by atoms with Gasteiger partial charge in [-0.05, 0) is 38.7 Å². The molecule has 8 heteroatoms. The number of aromatic nitrogens is 1. The van der Waals surface area contributed by atoms with Crippen molar-refractivity contribution < 1.29 is 18.4 Å². The fourth-order valence-corrected chi connectivity index (χ4v) is 3.28. The van der Waals surface area contributed by atoms with Gasteiger partial charge in [0.25, 0.3) is 5.91 Å². The van der Waals surface area contributed by atoms with Crippen LogP contribution in [0.1, 0.15) is 16.8 Å². The lowest BCUT2D eigenvalue weighted by molar-refractivity contribution is 0.0784. The molecule has 0 N–H and O–H groups in total. The highest BCUT2D eigenvalue weighted by Gasteiger charge is 2.34. The number of rotatable bonds is 5. The summed E-state index contributed by atoms with van der Waals surface area (Å²) in [5.41, 5.74) is 0.925. The quantitative estimate of drug-likeness (QED) is 0.798. The lowest BCUT2D eigenvalue weighted by Gasteiger charge is -2.21. The number of likely N-dealkylation sites (tertiary alicyclic amines) is 1. The molecule has 3 rings (SSSR count). The fraction of sp³-hybridized carbons (Fsp3) is 0.474. The number of hydrogen-bond donors (Lipinski definition) is 0. The summed E-state index contributed by atoms with van der Waals surface area (Å²) >= 11 is 0. The van der Waals surface area contributed by atoms with E-state index >= 15 is 0 Å². The Morgan fingerprint density at radius 3 is 2.67 bits per heavy atom. The average molecular weight is 376 g/mol. The van der Waals surface area contributed by atoms with Crippen LogP contribution in [0.25, 0.3) is 11.3 Å². The highest BCUT2D eigenvalue weighted by Crippen LogP contribution is 2.35. The van der Waals surface area contributed by atoms with Crippen molar-refractivity contribution in [3.8, 4) is 17.1 Å². The Morgan fingerprint density at radius 1 is 1.33 bits per heavy atom. The van der Waals surface area contributed by atoms with Gasteiger partial charge in [0.1, 0.15) is 5.56 Å². The van der Waals surface area contributed by atoms with Crippen molar-refractivity contribution in [1.82, 2.24) is 15.0 Å². The van der Waals surface area contributed by atoms with Crippen molar-refractivity contribution in [2.24, 2.45) is 0 Å². The van der Waals surface area contributed by atoms with E-state index in [0.29, 0.717) is 41.8 Å². The number of likely N-dealkylation sites (N-methyl/N-ethyl adjacent to an activating group) is 1. The number of nitrogens with zero attached hydrogens (tertiary/aromatic N) is 4. The number of benzene rings is 1. The number of carbonyl (C=O) groups is 1. The molecule has 0 aliphatic carbocycles. The van der Waals surface area contributed by atoms with Crippen LogP contribution in [-0.4, -0.2) is 75.3 Å². The predicted molar refractivity (Wildman–Crippen MR) is 101 cm³/mol. The van der Waals surface area contributed by atoms with Crippen molar-refractivity contribution >= 4 is 11.7 Å². The third kappa shape index (κ3) is 3.62. The lowest BCUT2D eigenvalue weighted by Crippen LogP contribution is -2.35. The van der Waals surface area contributed by atoms with Crippen LogP contribution in [0.3, 0.4) is 0 Å². The average Bonchev–Trinajstić information content (AvgIpc) is 3.29. The normalized spacial score (nSPS) is 16.9. The van der Waals surface area contributed by atoms with Gasteiger partial charge < -0.3 is 24.0 Å². The Labute approximate surface area is 158 Å². The molecule has 2 aromatic rings. The van der Waals surface area contributed by atoms with E-state index in [4.69, 9.17) is 9.26 Å². The SMILES string of the molecule is COc1cc(-c2onc(N(C)C)c2C(=O)N2CC[C@H](N(C)C)C2)ccc1F. The molecule has 1 fully saturated rings. The van der Waals surface area contributed by atoms with Crippen LogP contribution in [0.15, 0.2) is 22.7 Å². The maximum absolute atomic E-state index is 13.8. The summed E-state index contributed by atoms with van der Waals surface area (Å²) in [4.78, 5) is 19.0. The molecule has 2 heterocycles. The maximum Gasteiger partial charge on any atom is 0.261 e. The summed E-state index contributed by atoms with van der Waals surface area (Å²) in [5.74, 6) is 0.238. The highest BCUT2D eigenvalue weighted by atomic mass is 19.1. The molecule has 1 atom stereocenters. The largest absolute Gasteiger partial charge is 0.494 e. The molecule has 1 aromatic carbocycles. The molecule has 0 bridgehead atoms. The van der Waals surface area contributed by atoms with E-state index in [2.05, 4.69) is 10.1 Å². The molecule has 1 aliphatic rings. The Kier molecular flexibility index (Phi) is 5.36. The molecule has 7 nitrogen and oxygen atoms in total. The Balaban J connectivity index is 2.01. The molecule has 1 aromatic heterocycles. The number of halogens is 1. The van der Waals surface area contributed by atoms with Crippen molar-refractivity contribution in [2.75, 3.05) is 53.3 Å². The molecule has 27 heavy (non-hydrogen) atoms. The second-order valence-electron chi connectivity index (χ2n) is 7.11. The zero-order valence-electron chi connectivity index (χ0n) is 16.3. The molecule has 0 unspecified atom stereocenters. The van der Waals surface area contributed by atoms with Crippen LogP contribution >= 0.6 is 0 Å². The van der Waals surface area contributed by atoms with E-state index < -0.39 is 5.82 Å². The van der Waals surface area contributed by atoms with Crippen molar-refractivity contribution in [3.05, 3.63) is 29.6 Å². The van der Waals surface area contributed by atoms with Gasteiger partial charge in [-0.25, -0.2) is 4.39 Å². The van der Waals surface area contributed by atoms with E-state index in [-0.39, 0.29) is 11.7 Å². The number of methoxy groups -OCH3 is 1. The highest BCUT2D eigenvalue weighted by molar-refractivity contribution is 6.04. The van der Waals surface area contributed by atoms with Gasteiger partial charge in [-0.2, -0.15) is 0 Å². The van der Waals surface area contributed by atoms with Crippen LogP contribution in [0.2, 0.25) is 0 Å². The summed E-state index contributed by atoms with van der Waals surface area (Å²) in [6.07, 6.45) is 0.918. The molecule has 146 valence electrons. The van der Waals surface area contributed by atoms with Gasteiger partial charge in [0.2, 0.25) is 0 Å². The van der Waals surface area contributed by atoms with Gasteiger partial charge in [0.05, 0.1) is 7.11 Å². The van der Waals surface area contributed by atoms with Crippen molar-refractivity contribution in [2.45, 2.75) is 12.5 Å². The monoisotopic (exact) mass is 376 g/mol. The standard InChI is InChI=1S/C19H25FN4O3/c1-22(2)13-8-9-24(11-13)19(25)16-17(27-21-18(16)23(3)4)12-6-7-14(20)15(10-12)26-5/h6-7,10,13H,8-9,11H2,1-5H3/t13-/m0/s1. The van der Waals surface area contributed by atoms with E-state index in [0.717, 1.165) is 6.42 Å². The van der Waals surface area contributed by atoms with Crippen molar-refractivity contribution in [3.63, 3.8) is 0 Å². The van der Waals surface area contributed by atoms with Gasteiger partial charge in [-0.3, -0.25) is 4.79 Å². The molecule has 0 saturated carbocycles. The van der Waals surface area contributed by atoms with Crippen LogP contribution in [0, 0.1) is 5.82 Å². The Hall–Kier alpha value is -2.61. The smallest absolute Gasteiger partial charge is 0.261 e. The fourth-order valence-electron chi connectivity index (χ4n) is 3.28. The molecule has 1 amide bonds. The lowest BCUT2D eigenvalue weighted by atomic mass is 10.1. The Bertz CT molecular complexity index is 834. The summed E-state index contributed by atoms with van der Waals surface area (Å²) in [6.45, 7) is 1.32. The number of hydrogen-bond acceptors (Lipinski definition) is 6. The maximum atomic E-state index is 13.8. The summed E-state index contributed by atoms with van der Waals surface area (Å²) < 4.78 is 24.3. The third-order valence-corrected chi connectivity index (χ3v) is 4.91. The summed E-state index contributed by atoms with van der Waals surface area (Å²) in [6, 6.07) is 4.68. The number of amides is 1. The minimum atomic E-state index is -0.477. The topological polar surface area (TPSA) is 62.1 Å². The third-order valence-electron chi connectivity index (χ3n) is 4.91. The van der Waals surface area contributed by atoms with Gasteiger partial charge >= 0.3 is 0 Å². The van der Waals surface area contributed by atoms with E-state index in [1.54, 1.807) is 25.1 Å². The molecule has 1 saturated heterocycles. The molecular formula is C19H25FN4O3.